The lowest BCUT2D eigenvalue weighted by Gasteiger charge is -2.27. The van der Waals surface area contributed by atoms with E-state index in [9.17, 15) is 9.59 Å². The summed E-state index contributed by atoms with van der Waals surface area (Å²) in [6.07, 6.45) is 2.81. The first-order valence-corrected chi connectivity index (χ1v) is 4.72. The molecule has 4 heteroatoms. The van der Waals surface area contributed by atoms with Gasteiger partial charge in [-0.15, -0.1) is 0 Å². The predicted molar refractivity (Wildman–Crippen MR) is 45.3 cm³/mol. The SMILES string of the molecule is O=C1CCCC(N2CCOC2=O)C1. The largest absolute Gasteiger partial charge is 0.448 e. The molecule has 1 saturated carbocycles. The molecule has 72 valence electrons. The van der Waals surface area contributed by atoms with Crippen LogP contribution in [0.5, 0.6) is 0 Å². The minimum atomic E-state index is -0.250. The molecule has 2 rings (SSSR count). The first-order valence-electron chi connectivity index (χ1n) is 4.72. The van der Waals surface area contributed by atoms with Crippen molar-refractivity contribution in [3.8, 4) is 0 Å². The zero-order valence-electron chi connectivity index (χ0n) is 7.49. The van der Waals surface area contributed by atoms with Gasteiger partial charge in [-0.3, -0.25) is 4.79 Å². The summed E-state index contributed by atoms with van der Waals surface area (Å²) in [5.74, 6) is 0.274. The number of Topliss-reactive ketones (excluding diaryl/α,β-unsaturated/α-hetero) is 1. The second-order valence-corrected chi connectivity index (χ2v) is 3.60. The quantitative estimate of drug-likeness (QED) is 0.608. The van der Waals surface area contributed by atoms with Gasteiger partial charge in [0.05, 0.1) is 6.54 Å². The molecular weight excluding hydrogens is 170 g/mol. The number of nitrogens with zero attached hydrogens (tertiary/aromatic N) is 1. The smallest absolute Gasteiger partial charge is 0.410 e. The summed E-state index contributed by atoms with van der Waals surface area (Å²) >= 11 is 0. The molecule has 1 heterocycles. The Morgan fingerprint density at radius 3 is 2.85 bits per heavy atom. The Hall–Kier alpha value is -1.06. The molecule has 13 heavy (non-hydrogen) atoms. The van der Waals surface area contributed by atoms with E-state index in [1.165, 1.54) is 0 Å². The summed E-state index contributed by atoms with van der Waals surface area (Å²) in [5, 5.41) is 0. The summed E-state index contributed by atoms with van der Waals surface area (Å²) in [4.78, 5) is 24.0. The van der Waals surface area contributed by atoms with Gasteiger partial charge in [0.1, 0.15) is 12.4 Å². The molecule has 0 N–H and O–H groups in total. The molecular formula is C9H13NO3. The second-order valence-electron chi connectivity index (χ2n) is 3.60. The third kappa shape index (κ3) is 1.66. The van der Waals surface area contributed by atoms with Crippen molar-refractivity contribution < 1.29 is 14.3 Å². The third-order valence-corrected chi connectivity index (χ3v) is 2.69. The second kappa shape index (κ2) is 3.36. The molecule has 0 aromatic carbocycles. The summed E-state index contributed by atoms with van der Waals surface area (Å²) in [6, 6.07) is 0.108. The maximum atomic E-state index is 11.2. The van der Waals surface area contributed by atoms with Crippen molar-refractivity contribution in [3.63, 3.8) is 0 Å². The van der Waals surface area contributed by atoms with Crippen molar-refractivity contribution in [1.29, 1.82) is 0 Å². The highest BCUT2D eigenvalue weighted by Crippen LogP contribution is 2.22. The Kier molecular flexibility index (Phi) is 2.20. The van der Waals surface area contributed by atoms with Crippen LogP contribution in [0.3, 0.4) is 0 Å². The number of hydrogen-bond acceptors (Lipinski definition) is 3. The van der Waals surface area contributed by atoms with Crippen molar-refractivity contribution in [3.05, 3.63) is 0 Å². The van der Waals surface area contributed by atoms with Gasteiger partial charge in [0.2, 0.25) is 0 Å². The molecule has 1 aliphatic carbocycles. The number of carbonyl (C=O) groups excluding carboxylic acids is 2. The fourth-order valence-electron chi connectivity index (χ4n) is 2.00. The first-order chi connectivity index (χ1) is 6.27. The average molecular weight is 183 g/mol. The van der Waals surface area contributed by atoms with Crippen molar-refractivity contribution in [2.45, 2.75) is 31.7 Å². The van der Waals surface area contributed by atoms with Gasteiger partial charge in [-0.25, -0.2) is 4.79 Å². The summed E-state index contributed by atoms with van der Waals surface area (Å²) < 4.78 is 4.83. The molecule has 2 fully saturated rings. The molecule has 1 aliphatic heterocycles. The minimum Gasteiger partial charge on any atom is -0.448 e. The number of hydrogen-bond donors (Lipinski definition) is 0. The summed E-state index contributed by atoms with van der Waals surface area (Å²) in [5.41, 5.74) is 0. The molecule has 0 radical (unpaired) electrons. The third-order valence-electron chi connectivity index (χ3n) is 2.69. The average Bonchev–Trinajstić information content (AvgIpc) is 2.51. The Morgan fingerprint density at radius 2 is 2.23 bits per heavy atom. The van der Waals surface area contributed by atoms with Crippen molar-refractivity contribution in [1.82, 2.24) is 4.90 Å². The molecule has 1 amide bonds. The summed E-state index contributed by atoms with van der Waals surface area (Å²) in [6.45, 7) is 1.13. The zero-order chi connectivity index (χ0) is 9.26. The molecule has 1 saturated heterocycles. The number of ether oxygens (including phenoxy) is 1. The van der Waals surface area contributed by atoms with Crippen molar-refractivity contribution in [2.24, 2.45) is 0 Å². The standard InChI is InChI=1S/C9H13NO3/c11-8-3-1-2-7(6-8)10-4-5-13-9(10)12/h7H,1-6H2. The van der Waals surface area contributed by atoms with Gasteiger partial charge in [-0.05, 0) is 12.8 Å². The maximum absolute atomic E-state index is 11.2. The molecule has 1 atom stereocenters. The monoisotopic (exact) mass is 183 g/mol. The Morgan fingerprint density at radius 1 is 1.38 bits per heavy atom. The fourth-order valence-corrected chi connectivity index (χ4v) is 2.00. The molecule has 4 nitrogen and oxygen atoms in total. The highest BCUT2D eigenvalue weighted by Gasteiger charge is 2.32. The Labute approximate surface area is 76.8 Å². The van der Waals surface area contributed by atoms with E-state index in [2.05, 4.69) is 0 Å². The van der Waals surface area contributed by atoms with Gasteiger partial charge in [0.15, 0.2) is 0 Å². The van der Waals surface area contributed by atoms with Crippen LogP contribution < -0.4 is 0 Å². The number of cyclic esters (lactones) is 1. The van der Waals surface area contributed by atoms with Crippen LogP contribution in [-0.4, -0.2) is 36.0 Å². The van der Waals surface area contributed by atoms with Crippen LogP contribution >= 0.6 is 0 Å². The van der Waals surface area contributed by atoms with Crippen LogP contribution in [-0.2, 0) is 9.53 Å². The number of carbonyl (C=O) groups is 2. The minimum absolute atomic E-state index is 0.108. The van der Waals surface area contributed by atoms with E-state index < -0.39 is 0 Å². The lowest BCUT2D eigenvalue weighted by atomic mass is 9.93. The van der Waals surface area contributed by atoms with Crippen LogP contribution in [0.25, 0.3) is 0 Å². The normalized spacial score (nSPS) is 29.2. The van der Waals surface area contributed by atoms with Gasteiger partial charge >= 0.3 is 6.09 Å². The fraction of sp³-hybridized carbons (Fsp3) is 0.778. The van der Waals surface area contributed by atoms with Gasteiger partial charge in [0, 0.05) is 18.9 Å². The Bertz CT molecular complexity index is 239. The lowest BCUT2D eigenvalue weighted by Crippen LogP contribution is -2.39. The molecule has 2 aliphatic rings. The van der Waals surface area contributed by atoms with Gasteiger partial charge in [-0.2, -0.15) is 0 Å². The highest BCUT2D eigenvalue weighted by atomic mass is 16.6. The number of ketones is 1. The van der Waals surface area contributed by atoms with Gasteiger partial charge in [-0.1, -0.05) is 0 Å². The van der Waals surface area contributed by atoms with Crippen LogP contribution in [0.2, 0.25) is 0 Å². The van der Waals surface area contributed by atoms with Crippen LogP contribution in [0, 0.1) is 0 Å². The van der Waals surface area contributed by atoms with Gasteiger partial charge in [0.25, 0.3) is 0 Å². The van der Waals surface area contributed by atoms with E-state index in [4.69, 9.17) is 4.74 Å². The first kappa shape index (κ1) is 8.53. The Balaban J connectivity index is 1.99. The van der Waals surface area contributed by atoms with E-state index in [-0.39, 0.29) is 17.9 Å². The molecule has 0 aromatic heterocycles. The molecule has 0 bridgehead atoms. The lowest BCUT2D eigenvalue weighted by molar-refractivity contribution is -0.121. The van der Waals surface area contributed by atoms with E-state index in [0.717, 1.165) is 12.8 Å². The molecule has 0 aromatic rings. The van der Waals surface area contributed by atoms with E-state index >= 15 is 0 Å². The number of rotatable bonds is 1. The molecule has 0 spiro atoms. The van der Waals surface area contributed by atoms with Crippen LogP contribution in [0.4, 0.5) is 4.79 Å². The topological polar surface area (TPSA) is 46.6 Å². The highest BCUT2D eigenvalue weighted by molar-refractivity contribution is 5.80. The molecule has 1 unspecified atom stereocenters. The van der Waals surface area contributed by atoms with Crippen LogP contribution in [0.1, 0.15) is 25.7 Å². The zero-order valence-corrected chi connectivity index (χ0v) is 7.49. The summed E-state index contributed by atoms with van der Waals surface area (Å²) in [7, 11) is 0. The van der Waals surface area contributed by atoms with E-state index in [1.807, 2.05) is 0 Å². The van der Waals surface area contributed by atoms with Gasteiger partial charge < -0.3 is 9.64 Å². The van der Waals surface area contributed by atoms with E-state index in [1.54, 1.807) is 4.90 Å². The predicted octanol–water partition coefficient (Wildman–Crippen LogP) is 0.950. The van der Waals surface area contributed by atoms with Crippen LogP contribution in [0.15, 0.2) is 0 Å². The van der Waals surface area contributed by atoms with Crippen molar-refractivity contribution in [2.75, 3.05) is 13.2 Å². The van der Waals surface area contributed by atoms with Crippen molar-refractivity contribution >= 4 is 11.9 Å². The maximum Gasteiger partial charge on any atom is 0.410 e. The number of amides is 1. The van der Waals surface area contributed by atoms with E-state index in [0.29, 0.717) is 26.0 Å².